The SMILES string of the molecule is CC(C)(C)c1ccc([C@@H]2C(=C(O)c3ccc4c(c3)OCCO4)C(=O)C(=O)N2CCc2ccccc2)cc1. The van der Waals surface area contributed by atoms with E-state index >= 15 is 0 Å². The first-order valence-corrected chi connectivity index (χ1v) is 12.6. The van der Waals surface area contributed by atoms with Gasteiger partial charge in [0.25, 0.3) is 11.7 Å². The first kappa shape index (κ1) is 24.6. The van der Waals surface area contributed by atoms with E-state index in [0.717, 1.165) is 16.7 Å². The number of hydrogen-bond donors (Lipinski definition) is 1. The van der Waals surface area contributed by atoms with Crippen molar-refractivity contribution in [3.05, 3.63) is 101 Å². The summed E-state index contributed by atoms with van der Waals surface area (Å²) in [6.45, 7) is 7.61. The van der Waals surface area contributed by atoms with E-state index < -0.39 is 17.7 Å². The highest BCUT2D eigenvalue weighted by Gasteiger charge is 2.46. The van der Waals surface area contributed by atoms with Crippen molar-refractivity contribution in [2.45, 2.75) is 38.6 Å². The Morgan fingerprint density at radius 1 is 0.919 bits per heavy atom. The summed E-state index contributed by atoms with van der Waals surface area (Å²) in [6, 6.07) is 22.1. The van der Waals surface area contributed by atoms with Crippen LogP contribution in [0.25, 0.3) is 5.76 Å². The van der Waals surface area contributed by atoms with Gasteiger partial charge in [-0.25, -0.2) is 0 Å². The lowest BCUT2D eigenvalue weighted by Gasteiger charge is -2.27. The number of fused-ring (bicyclic) bond motifs is 1. The lowest BCUT2D eigenvalue weighted by atomic mass is 9.85. The molecule has 5 rings (SSSR count). The van der Waals surface area contributed by atoms with Crippen molar-refractivity contribution >= 4 is 17.4 Å². The molecule has 6 heteroatoms. The molecular formula is C31H31NO5. The van der Waals surface area contributed by atoms with Gasteiger partial charge >= 0.3 is 0 Å². The minimum absolute atomic E-state index is 0.0428. The lowest BCUT2D eigenvalue weighted by Crippen LogP contribution is -2.31. The van der Waals surface area contributed by atoms with Crippen LogP contribution in [0.1, 0.15) is 49.1 Å². The Morgan fingerprint density at radius 3 is 2.27 bits per heavy atom. The molecule has 6 nitrogen and oxygen atoms in total. The van der Waals surface area contributed by atoms with E-state index in [1.807, 2.05) is 54.6 Å². The third-order valence-electron chi connectivity index (χ3n) is 6.93. The predicted octanol–water partition coefficient (Wildman–Crippen LogP) is 5.42. The van der Waals surface area contributed by atoms with Crippen molar-refractivity contribution in [2.75, 3.05) is 19.8 Å². The van der Waals surface area contributed by atoms with Crippen LogP contribution in [0, 0.1) is 0 Å². The van der Waals surface area contributed by atoms with Crippen LogP contribution in [0.15, 0.2) is 78.4 Å². The Kier molecular flexibility index (Phi) is 6.50. The summed E-state index contributed by atoms with van der Waals surface area (Å²) in [7, 11) is 0. The molecule has 2 aliphatic rings. The smallest absolute Gasteiger partial charge is 0.295 e. The fourth-order valence-corrected chi connectivity index (χ4v) is 4.86. The van der Waals surface area contributed by atoms with Gasteiger partial charge in [-0.15, -0.1) is 0 Å². The van der Waals surface area contributed by atoms with Gasteiger partial charge < -0.3 is 19.5 Å². The molecule has 0 unspecified atom stereocenters. The predicted molar refractivity (Wildman–Crippen MR) is 142 cm³/mol. The fourth-order valence-electron chi connectivity index (χ4n) is 4.86. The number of likely N-dealkylation sites (tertiary alicyclic amines) is 1. The highest BCUT2D eigenvalue weighted by atomic mass is 16.6. The van der Waals surface area contributed by atoms with Crippen LogP contribution in [-0.4, -0.2) is 41.5 Å². The van der Waals surface area contributed by atoms with Crippen molar-refractivity contribution in [3.8, 4) is 11.5 Å². The van der Waals surface area contributed by atoms with E-state index in [-0.39, 0.29) is 16.7 Å². The molecule has 37 heavy (non-hydrogen) atoms. The Labute approximate surface area is 217 Å². The maximum absolute atomic E-state index is 13.4. The minimum Gasteiger partial charge on any atom is -0.507 e. The van der Waals surface area contributed by atoms with Gasteiger partial charge in [-0.2, -0.15) is 0 Å². The molecule has 0 aliphatic carbocycles. The maximum Gasteiger partial charge on any atom is 0.295 e. The summed E-state index contributed by atoms with van der Waals surface area (Å²) in [6.07, 6.45) is 0.592. The van der Waals surface area contributed by atoms with Crippen LogP contribution in [0.3, 0.4) is 0 Å². The standard InChI is InChI=1S/C31H31NO5/c1-31(2,3)23-12-9-21(10-13-23)27-26(28(33)22-11-14-24-25(19-22)37-18-17-36-24)29(34)30(35)32(27)16-15-20-7-5-4-6-8-20/h4-14,19,27,33H,15-18H2,1-3H3/t27-/m1/s1. The quantitative estimate of drug-likeness (QED) is 0.289. The highest BCUT2D eigenvalue weighted by molar-refractivity contribution is 6.46. The van der Waals surface area contributed by atoms with E-state index in [4.69, 9.17) is 9.47 Å². The third-order valence-corrected chi connectivity index (χ3v) is 6.93. The molecule has 1 fully saturated rings. The number of ether oxygens (including phenoxy) is 2. The molecule has 2 aliphatic heterocycles. The van der Waals surface area contributed by atoms with E-state index in [1.165, 1.54) is 0 Å². The summed E-state index contributed by atoms with van der Waals surface area (Å²) in [5.74, 6) is -0.437. The summed E-state index contributed by atoms with van der Waals surface area (Å²) in [5.41, 5.74) is 3.43. The molecule has 0 bridgehead atoms. The van der Waals surface area contributed by atoms with Crippen molar-refractivity contribution in [1.82, 2.24) is 4.90 Å². The lowest BCUT2D eigenvalue weighted by molar-refractivity contribution is -0.139. The van der Waals surface area contributed by atoms with Gasteiger partial charge in [-0.3, -0.25) is 9.59 Å². The Balaban J connectivity index is 1.58. The highest BCUT2D eigenvalue weighted by Crippen LogP contribution is 2.41. The zero-order chi connectivity index (χ0) is 26.2. The van der Waals surface area contributed by atoms with Crippen LogP contribution in [0.5, 0.6) is 11.5 Å². The second-order valence-corrected chi connectivity index (χ2v) is 10.5. The van der Waals surface area contributed by atoms with Gasteiger partial charge in [0.15, 0.2) is 11.5 Å². The zero-order valence-electron chi connectivity index (χ0n) is 21.4. The molecule has 1 N–H and O–H groups in total. The van der Waals surface area contributed by atoms with Gasteiger partial charge in [0.1, 0.15) is 19.0 Å². The second kappa shape index (κ2) is 9.77. The number of aliphatic hydroxyl groups excluding tert-OH is 1. The first-order chi connectivity index (χ1) is 17.7. The summed E-state index contributed by atoms with van der Waals surface area (Å²) < 4.78 is 11.3. The molecule has 3 aromatic rings. The van der Waals surface area contributed by atoms with Crippen molar-refractivity contribution in [3.63, 3.8) is 0 Å². The van der Waals surface area contributed by atoms with Gasteiger partial charge in [-0.1, -0.05) is 75.4 Å². The maximum atomic E-state index is 13.4. The summed E-state index contributed by atoms with van der Waals surface area (Å²) in [5, 5.41) is 11.4. The average molecular weight is 498 g/mol. The first-order valence-electron chi connectivity index (χ1n) is 12.6. The Morgan fingerprint density at radius 2 is 1.59 bits per heavy atom. The average Bonchev–Trinajstić information content (AvgIpc) is 3.16. The second-order valence-electron chi connectivity index (χ2n) is 10.5. The van der Waals surface area contributed by atoms with Crippen LogP contribution in [-0.2, 0) is 21.4 Å². The number of Topliss-reactive ketones (excluding diaryl/α,β-unsaturated/α-hetero) is 1. The molecule has 0 radical (unpaired) electrons. The molecule has 3 aromatic carbocycles. The van der Waals surface area contributed by atoms with Gasteiger partial charge in [-0.05, 0) is 46.7 Å². The summed E-state index contributed by atoms with van der Waals surface area (Å²) >= 11 is 0. The van der Waals surface area contributed by atoms with Crippen molar-refractivity contribution in [1.29, 1.82) is 0 Å². The van der Waals surface area contributed by atoms with Gasteiger partial charge in [0.2, 0.25) is 0 Å². The van der Waals surface area contributed by atoms with Crippen LogP contribution < -0.4 is 9.47 Å². The molecule has 1 amide bonds. The number of carbonyl (C=O) groups excluding carboxylic acids is 2. The van der Waals surface area contributed by atoms with Gasteiger partial charge in [0.05, 0.1) is 11.6 Å². The Hall–Kier alpha value is -4.06. The fraction of sp³-hybridized carbons (Fsp3) is 0.290. The molecule has 1 atom stereocenters. The number of carbonyl (C=O) groups is 2. The van der Waals surface area contributed by atoms with Gasteiger partial charge in [0, 0.05) is 12.1 Å². The number of amides is 1. The Bertz CT molecular complexity index is 1350. The third kappa shape index (κ3) is 4.84. The van der Waals surface area contributed by atoms with E-state index in [9.17, 15) is 14.7 Å². The molecule has 190 valence electrons. The van der Waals surface area contributed by atoms with E-state index in [0.29, 0.717) is 43.2 Å². The monoisotopic (exact) mass is 497 g/mol. The van der Waals surface area contributed by atoms with Crippen LogP contribution in [0.2, 0.25) is 0 Å². The molecule has 2 heterocycles. The molecule has 0 saturated carbocycles. The minimum atomic E-state index is -0.703. The van der Waals surface area contributed by atoms with Crippen LogP contribution in [0.4, 0.5) is 0 Å². The van der Waals surface area contributed by atoms with E-state index in [2.05, 4.69) is 20.8 Å². The van der Waals surface area contributed by atoms with Crippen molar-refractivity contribution in [2.24, 2.45) is 0 Å². The van der Waals surface area contributed by atoms with Crippen LogP contribution >= 0.6 is 0 Å². The molecule has 0 spiro atoms. The van der Waals surface area contributed by atoms with Crippen molar-refractivity contribution < 1.29 is 24.2 Å². The summed E-state index contributed by atoms with van der Waals surface area (Å²) in [4.78, 5) is 28.3. The number of nitrogens with zero attached hydrogens (tertiary/aromatic N) is 1. The zero-order valence-corrected chi connectivity index (χ0v) is 21.4. The normalized spacial score (nSPS) is 18.8. The number of rotatable bonds is 5. The largest absolute Gasteiger partial charge is 0.507 e. The topological polar surface area (TPSA) is 76.1 Å². The molecular weight excluding hydrogens is 466 g/mol. The molecule has 1 saturated heterocycles. The number of ketones is 1. The number of aliphatic hydroxyl groups is 1. The molecule has 0 aromatic heterocycles. The van der Waals surface area contributed by atoms with E-state index in [1.54, 1.807) is 23.1 Å². The number of benzene rings is 3. The number of hydrogen-bond acceptors (Lipinski definition) is 5.